The van der Waals surface area contributed by atoms with Gasteiger partial charge in [0.25, 0.3) is 0 Å². The number of nitrogens with zero attached hydrogens (tertiary/aromatic N) is 3. The Bertz CT molecular complexity index is 497. The van der Waals surface area contributed by atoms with Crippen LogP contribution >= 0.6 is 0 Å². The minimum absolute atomic E-state index is 0.00458. The van der Waals surface area contributed by atoms with Crippen LogP contribution in [0.2, 0.25) is 0 Å². The molecule has 1 aromatic heterocycles. The molecule has 0 bridgehead atoms. The summed E-state index contributed by atoms with van der Waals surface area (Å²) >= 11 is 0. The average Bonchev–Trinajstić information content (AvgIpc) is 2.27. The zero-order valence-electron chi connectivity index (χ0n) is 9.34. The predicted molar refractivity (Wildman–Crippen MR) is 59.1 cm³/mol. The molecule has 1 rings (SSSR count). The number of hydrogen-bond acceptors (Lipinski definition) is 6. The SMILES string of the molecule is CCS(=O)(=O)c1nc(/C=N/OC)cnc1C. The van der Waals surface area contributed by atoms with E-state index in [0.29, 0.717) is 11.4 Å². The molecule has 0 N–H and O–H groups in total. The molecule has 7 heteroatoms. The molecule has 0 amide bonds. The van der Waals surface area contributed by atoms with Gasteiger partial charge in [-0.1, -0.05) is 12.1 Å². The number of aryl methyl sites for hydroxylation is 1. The van der Waals surface area contributed by atoms with E-state index in [1.807, 2.05) is 0 Å². The first-order valence-electron chi connectivity index (χ1n) is 4.64. The van der Waals surface area contributed by atoms with Crippen LogP contribution in [0, 0.1) is 6.92 Å². The molecule has 0 saturated carbocycles. The zero-order valence-corrected chi connectivity index (χ0v) is 10.2. The van der Waals surface area contributed by atoms with Gasteiger partial charge in [-0.05, 0) is 6.92 Å². The van der Waals surface area contributed by atoms with Gasteiger partial charge in [0.1, 0.15) is 12.8 Å². The zero-order chi connectivity index (χ0) is 12.2. The van der Waals surface area contributed by atoms with Crippen LogP contribution in [0.4, 0.5) is 0 Å². The third kappa shape index (κ3) is 2.75. The molecule has 88 valence electrons. The van der Waals surface area contributed by atoms with Crippen LogP contribution in [0.3, 0.4) is 0 Å². The van der Waals surface area contributed by atoms with Crippen molar-refractivity contribution in [1.29, 1.82) is 0 Å². The summed E-state index contributed by atoms with van der Waals surface area (Å²) in [5.74, 6) is -0.00655. The van der Waals surface area contributed by atoms with Gasteiger partial charge in [-0.3, -0.25) is 4.98 Å². The number of hydrogen-bond donors (Lipinski definition) is 0. The Morgan fingerprint density at radius 3 is 2.81 bits per heavy atom. The summed E-state index contributed by atoms with van der Waals surface area (Å²) in [7, 11) is -1.96. The highest BCUT2D eigenvalue weighted by Crippen LogP contribution is 2.11. The first-order chi connectivity index (χ1) is 7.51. The Hall–Kier alpha value is -1.50. The summed E-state index contributed by atoms with van der Waals surface area (Å²) in [6.07, 6.45) is 2.74. The van der Waals surface area contributed by atoms with Gasteiger partial charge < -0.3 is 4.84 Å². The summed E-state index contributed by atoms with van der Waals surface area (Å²) in [5.41, 5.74) is 0.732. The van der Waals surface area contributed by atoms with E-state index in [1.54, 1.807) is 13.8 Å². The molecule has 0 atom stereocenters. The second kappa shape index (κ2) is 5.02. The molecule has 0 unspecified atom stereocenters. The van der Waals surface area contributed by atoms with Crippen LogP contribution < -0.4 is 0 Å². The highest BCUT2D eigenvalue weighted by molar-refractivity contribution is 7.91. The number of aromatic nitrogens is 2. The minimum Gasteiger partial charge on any atom is -0.399 e. The third-order valence-electron chi connectivity index (χ3n) is 1.90. The summed E-state index contributed by atoms with van der Waals surface area (Å²) in [6.45, 7) is 3.17. The van der Waals surface area contributed by atoms with E-state index in [9.17, 15) is 8.42 Å². The third-order valence-corrected chi connectivity index (χ3v) is 3.63. The molecular weight excluding hydrogens is 230 g/mol. The normalized spacial score (nSPS) is 11.9. The van der Waals surface area contributed by atoms with E-state index in [-0.39, 0.29) is 10.8 Å². The maximum atomic E-state index is 11.7. The highest BCUT2D eigenvalue weighted by Gasteiger charge is 2.17. The second-order valence-corrected chi connectivity index (χ2v) is 5.20. The van der Waals surface area contributed by atoms with Crippen molar-refractivity contribution >= 4 is 16.1 Å². The van der Waals surface area contributed by atoms with Crippen molar-refractivity contribution in [2.24, 2.45) is 5.16 Å². The van der Waals surface area contributed by atoms with E-state index < -0.39 is 9.84 Å². The highest BCUT2D eigenvalue weighted by atomic mass is 32.2. The molecule has 6 nitrogen and oxygen atoms in total. The van der Waals surface area contributed by atoms with Gasteiger partial charge in [0, 0.05) is 0 Å². The Balaban J connectivity index is 3.24. The van der Waals surface area contributed by atoms with E-state index in [4.69, 9.17) is 0 Å². The molecule has 1 heterocycles. The second-order valence-electron chi connectivity index (χ2n) is 3.01. The predicted octanol–water partition coefficient (Wildman–Crippen LogP) is 0.559. The first-order valence-corrected chi connectivity index (χ1v) is 6.29. The van der Waals surface area contributed by atoms with Crippen molar-refractivity contribution in [2.75, 3.05) is 12.9 Å². The lowest BCUT2D eigenvalue weighted by molar-refractivity contribution is 0.215. The standard InChI is InChI=1S/C9H13N3O3S/c1-4-16(13,14)9-7(2)10-5-8(12-9)6-11-15-3/h5-6H,4H2,1-3H3/b11-6+. The van der Waals surface area contributed by atoms with Crippen LogP contribution in [0.25, 0.3) is 0 Å². The molecule has 1 aromatic rings. The maximum Gasteiger partial charge on any atom is 0.197 e. The fraction of sp³-hybridized carbons (Fsp3) is 0.444. The van der Waals surface area contributed by atoms with Crippen LogP contribution in [-0.2, 0) is 14.7 Å². The lowest BCUT2D eigenvalue weighted by atomic mass is 10.4. The topological polar surface area (TPSA) is 81.5 Å². The summed E-state index contributed by atoms with van der Waals surface area (Å²) in [6, 6.07) is 0. The Morgan fingerprint density at radius 2 is 2.25 bits per heavy atom. The molecule has 16 heavy (non-hydrogen) atoms. The summed E-state index contributed by atoms with van der Waals surface area (Å²) in [4.78, 5) is 12.4. The smallest absolute Gasteiger partial charge is 0.197 e. The minimum atomic E-state index is -3.35. The monoisotopic (exact) mass is 243 g/mol. The summed E-state index contributed by atoms with van der Waals surface area (Å²) < 4.78 is 23.3. The first kappa shape index (κ1) is 12.6. The fourth-order valence-corrected chi connectivity index (χ4v) is 2.07. The van der Waals surface area contributed by atoms with Crippen molar-refractivity contribution in [1.82, 2.24) is 9.97 Å². The van der Waals surface area contributed by atoms with Gasteiger partial charge in [0.15, 0.2) is 14.9 Å². The van der Waals surface area contributed by atoms with Crippen molar-refractivity contribution < 1.29 is 13.3 Å². The van der Waals surface area contributed by atoms with Crippen LogP contribution in [0.15, 0.2) is 16.4 Å². The molecule has 0 aromatic carbocycles. The van der Waals surface area contributed by atoms with E-state index in [1.165, 1.54) is 19.5 Å². The average molecular weight is 243 g/mol. The van der Waals surface area contributed by atoms with Crippen LogP contribution in [-0.4, -0.2) is 37.5 Å². The molecule has 0 aliphatic carbocycles. The number of sulfone groups is 1. The van der Waals surface area contributed by atoms with Crippen molar-refractivity contribution in [3.05, 3.63) is 17.6 Å². The Labute approximate surface area is 94.3 Å². The van der Waals surface area contributed by atoms with Crippen LogP contribution in [0.5, 0.6) is 0 Å². The maximum absolute atomic E-state index is 11.7. The van der Waals surface area contributed by atoms with Crippen molar-refractivity contribution in [3.8, 4) is 0 Å². The molecule has 0 spiro atoms. The molecular formula is C9H13N3O3S. The van der Waals surface area contributed by atoms with Gasteiger partial charge in [0.2, 0.25) is 0 Å². The largest absolute Gasteiger partial charge is 0.399 e. The molecule has 0 saturated heterocycles. The van der Waals surface area contributed by atoms with Gasteiger partial charge in [-0.2, -0.15) is 0 Å². The Morgan fingerprint density at radius 1 is 1.56 bits per heavy atom. The van der Waals surface area contributed by atoms with Crippen molar-refractivity contribution in [2.45, 2.75) is 18.9 Å². The van der Waals surface area contributed by atoms with E-state index in [2.05, 4.69) is 20.0 Å². The Kier molecular flexibility index (Phi) is 3.94. The quantitative estimate of drug-likeness (QED) is 0.570. The van der Waals surface area contributed by atoms with Crippen molar-refractivity contribution in [3.63, 3.8) is 0 Å². The number of rotatable bonds is 4. The molecule has 0 fully saturated rings. The molecule has 0 radical (unpaired) electrons. The van der Waals surface area contributed by atoms with Gasteiger partial charge in [0.05, 0.1) is 23.9 Å². The fourth-order valence-electron chi connectivity index (χ4n) is 1.05. The van der Waals surface area contributed by atoms with E-state index >= 15 is 0 Å². The lowest BCUT2D eigenvalue weighted by Gasteiger charge is -2.04. The van der Waals surface area contributed by atoms with Gasteiger partial charge >= 0.3 is 0 Å². The summed E-state index contributed by atoms with van der Waals surface area (Å²) in [5, 5.41) is 3.49. The number of oxime groups is 1. The molecule has 0 aliphatic rings. The van der Waals surface area contributed by atoms with E-state index in [0.717, 1.165) is 0 Å². The van der Waals surface area contributed by atoms with Gasteiger partial charge in [-0.15, -0.1) is 0 Å². The van der Waals surface area contributed by atoms with Crippen LogP contribution in [0.1, 0.15) is 18.3 Å². The lowest BCUT2D eigenvalue weighted by Crippen LogP contribution is -2.11. The van der Waals surface area contributed by atoms with Gasteiger partial charge in [-0.25, -0.2) is 13.4 Å². The molecule has 0 aliphatic heterocycles.